The average Bonchev–Trinajstić information content (AvgIpc) is 3.32. The number of aromatic hydroxyl groups is 1. The Kier molecular flexibility index (Phi) is 29.5. The van der Waals surface area contributed by atoms with E-state index < -0.39 is 132 Å². The van der Waals surface area contributed by atoms with E-state index in [1.54, 1.807) is 41.5 Å². The van der Waals surface area contributed by atoms with E-state index in [2.05, 4.69) is 42.2 Å². The lowest BCUT2D eigenvalue weighted by Gasteiger charge is -2.30. The van der Waals surface area contributed by atoms with E-state index in [9.17, 15) is 58.2 Å². The molecule has 0 spiro atoms. The number of carbonyl (C=O) groups excluding carboxylic acids is 8. The van der Waals surface area contributed by atoms with Crippen LogP contribution in [-0.2, 0) is 54.4 Å². The van der Waals surface area contributed by atoms with Gasteiger partial charge in [0.25, 0.3) is 0 Å². The van der Waals surface area contributed by atoms with Crippen molar-refractivity contribution in [3.63, 3.8) is 0 Å². The lowest BCUT2D eigenvalue weighted by atomic mass is 9.95. The van der Waals surface area contributed by atoms with Gasteiger partial charge in [0, 0.05) is 19.4 Å². The number of hydrogen-bond acceptors (Lipinski definition) is 14. The van der Waals surface area contributed by atoms with Gasteiger partial charge < -0.3 is 81.2 Å². The molecule has 26 heteroatoms. The lowest BCUT2D eigenvalue weighted by Crippen LogP contribution is -2.61. The summed E-state index contributed by atoms with van der Waals surface area (Å²) in [5.74, 6) is -11.2. The molecule has 0 aliphatic carbocycles. The third kappa shape index (κ3) is 24.6. The summed E-state index contributed by atoms with van der Waals surface area (Å²) in [7, 11) is 0. The zero-order valence-corrected chi connectivity index (χ0v) is 43.3. The molecule has 0 aromatic heterocycles. The highest BCUT2D eigenvalue weighted by Gasteiger charge is 2.37. The van der Waals surface area contributed by atoms with E-state index in [4.69, 9.17) is 33.8 Å². The molecule has 26 nitrogen and oxygen atoms in total. The quantitative estimate of drug-likeness (QED) is 0.0193. The first-order chi connectivity index (χ1) is 34.7. The van der Waals surface area contributed by atoms with Crippen LogP contribution in [0, 0.1) is 17.8 Å². The minimum Gasteiger partial charge on any atom is -0.508 e. The first kappa shape index (κ1) is 64.9. The number of amides is 8. The first-order valence-electron chi connectivity index (χ1n) is 24.9. The monoisotopic (exact) mass is 1050 g/mol. The maximum absolute atomic E-state index is 14.5. The molecule has 416 valence electrons. The Bertz CT molecular complexity index is 2070. The molecule has 8 amide bonds. The van der Waals surface area contributed by atoms with E-state index in [0.717, 1.165) is 0 Å². The number of nitrogens with zero attached hydrogens (tertiary/aromatic N) is 1. The van der Waals surface area contributed by atoms with Crippen molar-refractivity contribution in [2.45, 2.75) is 167 Å². The number of nitrogens with two attached hydrogens (primary N) is 5. The Morgan fingerprint density at radius 1 is 0.581 bits per heavy atom. The van der Waals surface area contributed by atoms with Gasteiger partial charge in [-0.3, -0.25) is 48.1 Å². The number of aliphatic carboxylic acids is 2. The van der Waals surface area contributed by atoms with Gasteiger partial charge in [-0.05, 0) is 86.9 Å². The summed E-state index contributed by atoms with van der Waals surface area (Å²) in [5.41, 5.74) is 28.3. The summed E-state index contributed by atoms with van der Waals surface area (Å²) in [4.78, 5) is 137. The van der Waals surface area contributed by atoms with Crippen molar-refractivity contribution < 1.29 is 63.3 Å². The van der Waals surface area contributed by atoms with Crippen molar-refractivity contribution in [1.82, 2.24) is 37.2 Å². The fourth-order valence-electron chi connectivity index (χ4n) is 7.40. The van der Waals surface area contributed by atoms with E-state index in [1.807, 2.05) is 0 Å². The third-order valence-electron chi connectivity index (χ3n) is 12.1. The molecule has 0 saturated heterocycles. The molecule has 1 aromatic carbocycles. The van der Waals surface area contributed by atoms with E-state index in [0.29, 0.717) is 24.8 Å². The smallest absolute Gasteiger partial charge is 0.326 e. The molecule has 1 aromatic rings. The second-order valence-corrected chi connectivity index (χ2v) is 18.8. The van der Waals surface area contributed by atoms with Crippen LogP contribution in [0.2, 0.25) is 0 Å². The summed E-state index contributed by atoms with van der Waals surface area (Å²) in [6, 6.07) is -5.43. The number of phenolic OH excluding ortho intramolecular Hbond substituents is 1. The molecule has 0 radical (unpaired) electrons. The van der Waals surface area contributed by atoms with Gasteiger partial charge in [0.2, 0.25) is 47.3 Å². The standard InChI is InChI=1S/C48H81N13O13/c1-7-26(5)38(60-43(69)33(18-19-36(51)63)56-41(67)31(12-9-10-20-49)55-40(66)30(50)24-37(64)65)45(71)57-32(13-11-21-54-48(52)53)42(68)58-34(23-28-14-16-29(62)17-15-28)44(70)61-39(27(6)8-2)46(72)59-35(47(73)74)22-25(3)4/h14-17,25-27,30-35,38-39,62H,7-13,18-24,49-50H2,1-6H3,(H2,51,63)(H,55,66)(H,56,67)(H,57,71)(H,58,68)(H,59,72)(H,60,69)(H,61,70)(H,64,65)(H,73,74)(H4,52,53,54)/t26-,27-,30-,31-,32-,33-,34-,35-,38-,39-/m0/s1. The maximum atomic E-state index is 14.5. The average molecular weight is 1050 g/mol. The molecule has 10 atom stereocenters. The molecular formula is C48H81N13O13. The number of guanidine groups is 1. The summed E-state index contributed by atoms with van der Waals surface area (Å²) in [6.07, 6.45) is -0.189. The lowest BCUT2D eigenvalue weighted by molar-refractivity contribution is -0.143. The third-order valence-corrected chi connectivity index (χ3v) is 12.1. The van der Waals surface area contributed by atoms with Gasteiger partial charge in [-0.15, -0.1) is 0 Å². The molecule has 20 N–H and O–H groups in total. The largest absolute Gasteiger partial charge is 0.508 e. The SMILES string of the molecule is CC[C@H](C)[C@H](NC(=O)[C@H](Cc1ccc(O)cc1)NC(=O)[C@H](CCCN=C(N)N)NC(=O)[C@@H](NC(=O)[C@H](CCC(N)=O)NC(=O)[C@H](CCCCN)NC(=O)[C@@H](N)CC(=O)O)[C@@H](C)CC)C(=O)N[C@@H](CC(C)C)C(=O)O. The Morgan fingerprint density at radius 2 is 1.03 bits per heavy atom. The number of phenols is 1. The number of carboxylic acids is 2. The first-order valence-corrected chi connectivity index (χ1v) is 24.9. The van der Waals surface area contributed by atoms with Crippen LogP contribution in [0.25, 0.3) is 0 Å². The summed E-state index contributed by atoms with van der Waals surface area (Å²) >= 11 is 0. The van der Waals surface area contributed by atoms with Crippen LogP contribution in [0.3, 0.4) is 0 Å². The highest BCUT2D eigenvalue weighted by Crippen LogP contribution is 2.16. The van der Waals surface area contributed by atoms with Crippen molar-refractivity contribution in [2.75, 3.05) is 13.1 Å². The van der Waals surface area contributed by atoms with Crippen molar-refractivity contribution in [1.29, 1.82) is 0 Å². The summed E-state index contributed by atoms with van der Waals surface area (Å²) < 4.78 is 0. The molecule has 0 unspecified atom stereocenters. The second kappa shape index (κ2) is 33.6. The van der Waals surface area contributed by atoms with Gasteiger partial charge in [0.05, 0.1) is 12.5 Å². The number of unbranched alkanes of at least 4 members (excludes halogenated alkanes) is 1. The highest BCUT2D eigenvalue weighted by atomic mass is 16.4. The number of hydrogen-bond donors (Lipinski definition) is 15. The minimum absolute atomic E-state index is 0.000145. The number of primary amides is 1. The van der Waals surface area contributed by atoms with Crippen molar-refractivity contribution in [2.24, 2.45) is 51.4 Å². The molecule has 0 bridgehead atoms. The highest BCUT2D eigenvalue weighted by molar-refractivity contribution is 5.98. The van der Waals surface area contributed by atoms with Crippen LogP contribution in [0.4, 0.5) is 0 Å². The fraction of sp³-hybridized carbons (Fsp3) is 0.646. The molecule has 0 aliphatic heterocycles. The summed E-state index contributed by atoms with van der Waals surface area (Å²) in [5, 5.41) is 47.0. The molecule has 1 rings (SSSR count). The van der Waals surface area contributed by atoms with Gasteiger partial charge in [-0.2, -0.15) is 0 Å². The van der Waals surface area contributed by atoms with Crippen LogP contribution in [0.1, 0.15) is 118 Å². The maximum Gasteiger partial charge on any atom is 0.326 e. The Morgan fingerprint density at radius 3 is 1.49 bits per heavy atom. The topological polar surface area (TPSA) is 458 Å². The predicted molar refractivity (Wildman–Crippen MR) is 273 cm³/mol. The Balaban J connectivity index is 3.70. The van der Waals surface area contributed by atoms with E-state index in [1.165, 1.54) is 24.3 Å². The van der Waals surface area contributed by atoms with Gasteiger partial charge in [-0.25, -0.2) is 4.79 Å². The Hall–Kier alpha value is -7.09. The molecule has 74 heavy (non-hydrogen) atoms. The van der Waals surface area contributed by atoms with Crippen LogP contribution >= 0.6 is 0 Å². The van der Waals surface area contributed by atoms with Gasteiger partial charge in [0.1, 0.15) is 48.0 Å². The molecule has 0 fully saturated rings. The zero-order valence-electron chi connectivity index (χ0n) is 43.3. The Labute approximate surface area is 431 Å². The van der Waals surface area contributed by atoms with Crippen molar-refractivity contribution >= 4 is 65.2 Å². The number of carboxylic acid groups (broad SMARTS) is 2. The van der Waals surface area contributed by atoms with E-state index >= 15 is 0 Å². The number of rotatable bonds is 36. The number of benzene rings is 1. The normalized spacial score (nSPS) is 15.1. The number of aliphatic imine (C=N–C) groups is 1. The fourth-order valence-corrected chi connectivity index (χ4v) is 7.40. The summed E-state index contributed by atoms with van der Waals surface area (Å²) in [6.45, 7) is 10.6. The zero-order chi connectivity index (χ0) is 56.2. The number of nitrogens with one attached hydrogen (secondary N) is 7. The van der Waals surface area contributed by atoms with Crippen molar-refractivity contribution in [3.8, 4) is 5.75 Å². The molecular weight excluding hydrogens is 967 g/mol. The molecule has 0 saturated carbocycles. The van der Waals surface area contributed by atoms with E-state index in [-0.39, 0.29) is 75.7 Å². The van der Waals surface area contributed by atoms with Crippen LogP contribution in [0.5, 0.6) is 5.75 Å². The van der Waals surface area contributed by atoms with Gasteiger partial charge >= 0.3 is 11.9 Å². The van der Waals surface area contributed by atoms with Gasteiger partial charge in [-0.1, -0.05) is 66.5 Å². The number of carbonyl (C=O) groups is 10. The minimum atomic E-state index is -1.53. The van der Waals surface area contributed by atoms with Crippen LogP contribution in [-0.4, -0.2) is 142 Å². The predicted octanol–water partition coefficient (Wildman–Crippen LogP) is -2.20. The second-order valence-electron chi connectivity index (χ2n) is 18.8. The molecule has 0 aliphatic rings. The van der Waals surface area contributed by atoms with Gasteiger partial charge in [0.15, 0.2) is 5.96 Å². The van der Waals surface area contributed by atoms with Crippen molar-refractivity contribution in [3.05, 3.63) is 29.8 Å². The van der Waals surface area contributed by atoms with Crippen LogP contribution < -0.4 is 65.9 Å². The van der Waals surface area contributed by atoms with Crippen LogP contribution in [0.15, 0.2) is 29.3 Å². The molecule has 0 heterocycles.